The fourth-order valence-corrected chi connectivity index (χ4v) is 3.90. The zero-order chi connectivity index (χ0) is 19.8. The lowest BCUT2D eigenvalue weighted by Gasteiger charge is -2.23. The van der Waals surface area contributed by atoms with Crippen molar-refractivity contribution >= 4 is 28.5 Å². The number of nitrogens with one attached hydrogen (secondary N) is 2. The standard InChI is InChI=1S/C25H22N4/c1-3-22(20-14-17-6-4-5-7-18(17)15-20)25-28-24(11-13-29(25)2)27-21-8-9-23-19(16-21)10-12-26-23/h3-14,16,26H,1,15H2,2H3,(H,27,28)/b25-22+. The molecule has 0 radical (unpaired) electrons. The van der Waals surface area contributed by atoms with Gasteiger partial charge in [-0.25, -0.2) is 4.99 Å². The molecule has 142 valence electrons. The average Bonchev–Trinajstić information content (AvgIpc) is 3.37. The van der Waals surface area contributed by atoms with E-state index in [-0.39, 0.29) is 0 Å². The number of nitrogens with zero attached hydrogens (tertiary/aromatic N) is 2. The predicted octanol–water partition coefficient (Wildman–Crippen LogP) is 5.47. The van der Waals surface area contributed by atoms with E-state index in [0.29, 0.717) is 0 Å². The Labute approximate surface area is 170 Å². The van der Waals surface area contributed by atoms with Gasteiger partial charge in [0.15, 0.2) is 0 Å². The molecular formula is C25H22N4. The van der Waals surface area contributed by atoms with Crippen LogP contribution in [0.3, 0.4) is 0 Å². The molecule has 0 saturated heterocycles. The number of aliphatic imine (C=N–C) groups is 1. The first-order chi connectivity index (χ1) is 14.2. The molecule has 2 aliphatic rings. The van der Waals surface area contributed by atoms with Crippen molar-refractivity contribution in [1.29, 1.82) is 0 Å². The molecule has 0 amide bonds. The van der Waals surface area contributed by atoms with Crippen LogP contribution in [0.4, 0.5) is 5.69 Å². The molecule has 2 heterocycles. The number of allylic oxidation sites excluding steroid dienone is 3. The second-order valence-corrected chi connectivity index (χ2v) is 7.31. The molecule has 0 saturated carbocycles. The van der Waals surface area contributed by atoms with Crippen LogP contribution < -0.4 is 5.32 Å². The second kappa shape index (κ2) is 6.99. The summed E-state index contributed by atoms with van der Waals surface area (Å²) in [7, 11) is 2.02. The van der Waals surface area contributed by atoms with Crippen LogP contribution in [-0.4, -0.2) is 22.8 Å². The quantitative estimate of drug-likeness (QED) is 0.634. The molecule has 0 bridgehead atoms. The Hall–Kier alpha value is -3.79. The van der Waals surface area contributed by atoms with Crippen molar-refractivity contribution in [3.05, 3.63) is 108 Å². The maximum absolute atomic E-state index is 4.91. The first kappa shape index (κ1) is 17.3. The van der Waals surface area contributed by atoms with Crippen molar-refractivity contribution in [2.45, 2.75) is 6.42 Å². The van der Waals surface area contributed by atoms with Crippen LogP contribution >= 0.6 is 0 Å². The van der Waals surface area contributed by atoms with Crippen molar-refractivity contribution in [2.24, 2.45) is 4.99 Å². The molecule has 0 spiro atoms. The van der Waals surface area contributed by atoms with Gasteiger partial charge in [0.2, 0.25) is 0 Å². The summed E-state index contributed by atoms with van der Waals surface area (Å²) in [6.07, 6.45) is 11.0. The summed E-state index contributed by atoms with van der Waals surface area (Å²) in [4.78, 5) is 10.2. The normalized spacial score (nSPS) is 17.1. The van der Waals surface area contributed by atoms with E-state index in [1.807, 2.05) is 36.5 Å². The Kier molecular flexibility index (Phi) is 4.17. The molecular weight excluding hydrogens is 356 g/mol. The summed E-state index contributed by atoms with van der Waals surface area (Å²) in [6, 6.07) is 16.8. The molecule has 1 aliphatic carbocycles. The second-order valence-electron chi connectivity index (χ2n) is 7.31. The molecule has 2 N–H and O–H groups in total. The highest BCUT2D eigenvalue weighted by Gasteiger charge is 2.20. The van der Waals surface area contributed by atoms with Gasteiger partial charge in [-0.3, -0.25) is 0 Å². The number of aromatic amines is 1. The Morgan fingerprint density at radius 1 is 1.21 bits per heavy atom. The van der Waals surface area contributed by atoms with Gasteiger partial charge in [0.25, 0.3) is 0 Å². The topological polar surface area (TPSA) is 43.4 Å². The van der Waals surface area contributed by atoms with E-state index in [1.165, 1.54) is 22.1 Å². The molecule has 5 rings (SSSR count). The lowest BCUT2D eigenvalue weighted by atomic mass is 10.0. The lowest BCUT2D eigenvalue weighted by Crippen LogP contribution is -2.21. The highest BCUT2D eigenvalue weighted by Crippen LogP contribution is 2.33. The number of fused-ring (bicyclic) bond motifs is 2. The number of amidine groups is 1. The third kappa shape index (κ3) is 3.19. The van der Waals surface area contributed by atoms with Gasteiger partial charge in [-0.05, 0) is 53.5 Å². The average molecular weight is 378 g/mol. The fourth-order valence-electron chi connectivity index (χ4n) is 3.90. The Balaban J connectivity index is 1.49. The van der Waals surface area contributed by atoms with Gasteiger partial charge in [0.1, 0.15) is 11.7 Å². The zero-order valence-electron chi connectivity index (χ0n) is 16.3. The SMILES string of the molecule is C=C/C(C1=Cc2ccccc2C1)=C1/N=C(Nc2ccc3[nH]ccc3c2)C=CN1C. The summed E-state index contributed by atoms with van der Waals surface area (Å²) in [5, 5.41) is 4.61. The molecule has 4 heteroatoms. The maximum Gasteiger partial charge on any atom is 0.142 e. The molecule has 4 nitrogen and oxygen atoms in total. The Morgan fingerprint density at radius 3 is 2.97 bits per heavy atom. The molecule has 29 heavy (non-hydrogen) atoms. The summed E-state index contributed by atoms with van der Waals surface area (Å²) >= 11 is 0. The first-order valence-corrected chi connectivity index (χ1v) is 9.71. The molecule has 0 unspecified atom stereocenters. The van der Waals surface area contributed by atoms with Gasteiger partial charge in [0.05, 0.1) is 0 Å². The monoisotopic (exact) mass is 378 g/mol. The number of rotatable bonds is 3. The number of H-pyrrole nitrogens is 1. The van der Waals surface area contributed by atoms with Crippen LogP contribution in [0.25, 0.3) is 17.0 Å². The maximum atomic E-state index is 4.91. The largest absolute Gasteiger partial charge is 0.361 e. The Morgan fingerprint density at radius 2 is 2.10 bits per heavy atom. The van der Waals surface area contributed by atoms with Gasteiger partial charge >= 0.3 is 0 Å². The van der Waals surface area contributed by atoms with E-state index in [1.54, 1.807) is 0 Å². The van der Waals surface area contributed by atoms with Crippen LogP contribution in [-0.2, 0) is 6.42 Å². The van der Waals surface area contributed by atoms with Crippen LogP contribution in [0.5, 0.6) is 0 Å². The fraction of sp³-hybridized carbons (Fsp3) is 0.0800. The van der Waals surface area contributed by atoms with Crippen molar-refractivity contribution < 1.29 is 0 Å². The number of hydrogen-bond acceptors (Lipinski definition) is 3. The number of hydrogen-bond donors (Lipinski definition) is 2. The van der Waals surface area contributed by atoms with Crippen LogP contribution in [0, 0.1) is 0 Å². The molecule has 2 aromatic carbocycles. The highest BCUT2D eigenvalue weighted by atomic mass is 15.2. The minimum atomic E-state index is 0.809. The summed E-state index contributed by atoms with van der Waals surface area (Å²) in [6.45, 7) is 4.07. The van der Waals surface area contributed by atoms with Gasteiger partial charge < -0.3 is 15.2 Å². The van der Waals surface area contributed by atoms with E-state index in [9.17, 15) is 0 Å². The van der Waals surface area contributed by atoms with Crippen molar-refractivity contribution in [3.63, 3.8) is 0 Å². The van der Waals surface area contributed by atoms with E-state index in [4.69, 9.17) is 4.99 Å². The lowest BCUT2D eigenvalue weighted by molar-refractivity contribution is 0.552. The number of benzene rings is 2. The molecule has 0 atom stereocenters. The minimum absolute atomic E-state index is 0.809. The van der Waals surface area contributed by atoms with Crippen molar-refractivity contribution in [3.8, 4) is 0 Å². The van der Waals surface area contributed by atoms with Gasteiger partial charge in [-0.15, -0.1) is 0 Å². The molecule has 1 aromatic heterocycles. The number of anilines is 1. The Bertz CT molecular complexity index is 1240. The summed E-state index contributed by atoms with van der Waals surface area (Å²) < 4.78 is 0. The van der Waals surface area contributed by atoms with Crippen LogP contribution in [0.2, 0.25) is 0 Å². The van der Waals surface area contributed by atoms with Crippen LogP contribution in [0.1, 0.15) is 11.1 Å². The molecule has 0 fully saturated rings. The molecule has 1 aliphatic heterocycles. The van der Waals surface area contributed by atoms with Gasteiger partial charge in [-0.2, -0.15) is 0 Å². The van der Waals surface area contributed by atoms with Gasteiger partial charge in [0, 0.05) is 41.6 Å². The predicted molar refractivity (Wildman–Crippen MR) is 122 cm³/mol. The smallest absolute Gasteiger partial charge is 0.142 e. The van der Waals surface area contributed by atoms with E-state index in [2.05, 4.69) is 71.5 Å². The van der Waals surface area contributed by atoms with Crippen molar-refractivity contribution in [1.82, 2.24) is 9.88 Å². The van der Waals surface area contributed by atoms with Crippen LogP contribution in [0.15, 0.2) is 102 Å². The summed E-state index contributed by atoms with van der Waals surface area (Å²) in [5.74, 6) is 1.70. The third-order valence-electron chi connectivity index (χ3n) is 5.40. The number of aromatic nitrogens is 1. The first-order valence-electron chi connectivity index (χ1n) is 9.71. The highest BCUT2D eigenvalue weighted by molar-refractivity contribution is 6.05. The van der Waals surface area contributed by atoms with E-state index in [0.717, 1.165) is 34.9 Å². The molecule has 3 aromatic rings. The van der Waals surface area contributed by atoms with Gasteiger partial charge in [-0.1, -0.05) is 43.0 Å². The van der Waals surface area contributed by atoms with E-state index < -0.39 is 0 Å². The summed E-state index contributed by atoms with van der Waals surface area (Å²) in [5.41, 5.74) is 7.07. The third-order valence-corrected chi connectivity index (χ3v) is 5.40. The van der Waals surface area contributed by atoms with E-state index >= 15 is 0 Å². The van der Waals surface area contributed by atoms with Crippen molar-refractivity contribution in [2.75, 3.05) is 12.4 Å². The minimum Gasteiger partial charge on any atom is -0.361 e. The zero-order valence-corrected chi connectivity index (χ0v) is 16.3.